The molecule has 90 valence electrons. The van der Waals surface area contributed by atoms with E-state index in [0.717, 1.165) is 17.9 Å². The third-order valence-corrected chi connectivity index (χ3v) is 2.74. The van der Waals surface area contributed by atoms with Crippen LogP contribution in [-0.4, -0.2) is 29.8 Å². The number of morpholine rings is 1. The van der Waals surface area contributed by atoms with Crippen molar-refractivity contribution in [3.8, 4) is 11.4 Å². The molecule has 2 aromatic heterocycles. The normalized spacial score (nSPS) is 20.6. The summed E-state index contributed by atoms with van der Waals surface area (Å²) in [7, 11) is 0. The van der Waals surface area contributed by atoms with Crippen molar-refractivity contribution < 1.29 is 13.7 Å². The van der Waals surface area contributed by atoms with Crippen molar-refractivity contribution in [3.63, 3.8) is 0 Å². The molecule has 2 aromatic rings. The van der Waals surface area contributed by atoms with Gasteiger partial charge in [0.25, 0.3) is 5.89 Å². The van der Waals surface area contributed by atoms with Crippen molar-refractivity contribution in [2.75, 3.05) is 19.7 Å². The largest absolute Gasteiger partial charge is 0.469 e. The molecule has 1 unspecified atom stereocenters. The van der Waals surface area contributed by atoms with E-state index in [0.29, 0.717) is 24.9 Å². The monoisotopic (exact) mass is 235 g/mol. The molecule has 1 fully saturated rings. The quantitative estimate of drug-likeness (QED) is 0.845. The van der Waals surface area contributed by atoms with Crippen LogP contribution in [0, 0.1) is 6.92 Å². The third kappa shape index (κ3) is 1.96. The number of hydrogen-bond donors (Lipinski definition) is 1. The molecule has 0 spiro atoms. The molecule has 0 aromatic carbocycles. The van der Waals surface area contributed by atoms with E-state index in [9.17, 15) is 0 Å². The van der Waals surface area contributed by atoms with Gasteiger partial charge in [-0.1, -0.05) is 5.16 Å². The summed E-state index contributed by atoms with van der Waals surface area (Å²) in [6, 6.07) is 1.82. The van der Waals surface area contributed by atoms with Gasteiger partial charge in [-0.05, 0) is 13.0 Å². The highest BCUT2D eigenvalue weighted by Crippen LogP contribution is 2.24. The lowest BCUT2D eigenvalue weighted by Gasteiger charge is -2.19. The number of aryl methyl sites for hydroxylation is 1. The average Bonchev–Trinajstić information content (AvgIpc) is 2.98. The van der Waals surface area contributed by atoms with Crippen LogP contribution in [0.5, 0.6) is 0 Å². The first-order valence-electron chi connectivity index (χ1n) is 5.55. The molecular formula is C11H13N3O3. The first-order valence-corrected chi connectivity index (χ1v) is 5.55. The fourth-order valence-corrected chi connectivity index (χ4v) is 1.82. The molecule has 1 aliphatic rings. The number of hydrogen-bond acceptors (Lipinski definition) is 6. The summed E-state index contributed by atoms with van der Waals surface area (Å²) in [4.78, 5) is 4.33. The van der Waals surface area contributed by atoms with Crippen LogP contribution in [-0.2, 0) is 4.74 Å². The van der Waals surface area contributed by atoms with Crippen LogP contribution in [0.15, 0.2) is 21.3 Å². The van der Waals surface area contributed by atoms with Crippen LogP contribution in [0.2, 0.25) is 0 Å². The van der Waals surface area contributed by atoms with E-state index in [1.54, 1.807) is 6.26 Å². The van der Waals surface area contributed by atoms with Crippen molar-refractivity contribution in [1.82, 2.24) is 15.5 Å². The first kappa shape index (κ1) is 10.5. The van der Waals surface area contributed by atoms with Gasteiger partial charge in [-0.3, -0.25) is 0 Å². The SMILES string of the molecule is Cc1occc1-c1noc(C2CNCCO2)n1. The maximum absolute atomic E-state index is 5.54. The standard InChI is InChI=1S/C11H13N3O3/c1-7-8(2-4-15-7)10-13-11(17-14-10)9-6-12-3-5-16-9/h2,4,9,12H,3,5-6H2,1H3. The van der Waals surface area contributed by atoms with Gasteiger partial charge in [-0.15, -0.1) is 0 Å². The molecule has 1 N–H and O–H groups in total. The van der Waals surface area contributed by atoms with Crippen LogP contribution in [0.4, 0.5) is 0 Å². The van der Waals surface area contributed by atoms with Gasteiger partial charge in [0, 0.05) is 13.1 Å². The van der Waals surface area contributed by atoms with E-state index in [2.05, 4.69) is 15.5 Å². The molecule has 17 heavy (non-hydrogen) atoms. The molecule has 3 heterocycles. The summed E-state index contributed by atoms with van der Waals surface area (Å²) in [6.07, 6.45) is 1.46. The van der Waals surface area contributed by atoms with Crippen LogP contribution < -0.4 is 5.32 Å². The van der Waals surface area contributed by atoms with Crippen molar-refractivity contribution in [2.24, 2.45) is 0 Å². The average molecular weight is 235 g/mol. The Kier molecular flexibility index (Phi) is 2.66. The highest BCUT2D eigenvalue weighted by Gasteiger charge is 2.23. The zero-order valence-corrected chi connectivity index (χ0v) is 9.47. The maximum atomic E-state index is 5.54. The molecule has 0 saturated carbocycles. The highest BCUT2D eigenvalue weighted by atomic mass is 16.5. The summed E-state index contributed by atoms with van der Waals surface area (Å²) in [5, 5.41) is 7.16. The third-order valence-electron chi connectivity index (χ3n) is 2.74. The first-order chi connectivity index (χ1) is 8.34. The molecule has 0 amide bonds. The van der Waals surface area contributed by atoms with Crippen LogP contribution in [0.3, 0.4) is 0 Å². The number of ether oxygens (including phenoxy) is 1. The molecule has 6 nitrogen and oxygen atoms in total. The molecule has 1 saturated heterocycles. The number of rotatable bonds is 2. The van der Waals surface area contributed by atoms with Gasteiger partial charge in [-0.25, -0.2) is 0 Å². The second-order valence-corrected chi connectivity index (χ2v) is 3.91. The molecule has 0 aliphatic carbocycles. The Morgan fingerprint density at radius 2 is 2.41 bits per heavy atom. The molecule has 6 heteroatoms. The molecular weight excluding hydrogens is 222 g/mol. The van der Waals surface area contributed by atoms with E-state index >= 15 is 0 Å². The van der Waals surface area contributed by atoms with Gasteiger partial charge in [0.2, 0.25) is 5.82 Å². The Bertz CT molecular complexity index is 500. The van der Waals surface area contributed by atoms with E-state index < -0.39 is 0 Å². The van der Waals surface area contributed by atoms with Crippen LogP contribution >= 0.6 is 0 Å². The minimum Gasteiger partial charge on any atom is -0.469 e. The summed E-state index contributed by atoms with van der Waals surface area (Å²) in [6.45, 7) is 4.08. The second kappa shape index (κ2) is 4.31. The summed E-state index contributed by atoms with van der Waals surface area (Å²) >= 11 is 0. The zero-order chi connectivity index (χ0) is 11.7. The molecule has 3 rings (SSSR count). The summed E-state index contributed by atoms with van der Waals surface area (Å²) in [5.41, 5.74) is 0.851. The van der Waals surface area contributed by atoms with E-state index in [1.807, 2.05) is 13.0 Å². The number of furan rings is 1. The van der Waals surface area contributed by atoms with Gasteiger partial charge < -0.3 is 19.0 Å². The van der Waals surface area contributed by atoms with Crippen molar-refractivity contribution >= 4 is 0 Å². The van der Waals surface area contributed by atoms with Gasteiger partial charge in [0.05, 0.1) is 18.4 Å². The van der Waals surface area contributed by atoms with Gasteiger partial charge in [0.1, 0.15) is 11.9 Å². The second-order valence-electron chi connectivity index (χ2n) is 3.91. The highest BCUT2D eigenvalue weighted by molar-refractivity contribution is 5.56. The van der Waals surface area contributed by atoms with Gasteiger partial charge in [0.15, 0.2) is 0 Å². The van der Waals surface area contributed by atoms with Gasteiger partial charge in [-0.2, -0.15) is 4.98 Å². The Morgan fingerprint density at radius 1 is 1.47 bits per heavy atom. The minimum atomic E-state index is -0.155. The number of aromatic nitrogens is 2. The molecule has 0 bridgehead atoms. The maximum Gasteiger partial charge on any atom is 0.257 e. The Morgan fingerprint density at radius 3 is 3.12 bits per heavy atom. The van der Waals surface area contributed by atoms with Crippen LogP contribution in [0.1, 0.15) is 17.8 Å². The Hall–Kier alpha value is -1.66. The topological polar surface area (TPSA) is 73.3 Å². The fraction of sp³-hybridized carbons (Fsp3) is 0.455. The van der Waals surface area contributed by atoms with Crippen molar-refractivity contribution in [1.29, 1.82) is 0 Å². The van der Waals surface area contributed by atoms with E-state index in [1.165, 1.54) is 0 Å². The van der Waals surface area contributed by atoms with Crippen molar-refractivity contribution in [3.05, 3.63) is 24.0 Å². The number of nitrogens with one attached hydrogen (secondary N) is 1. The lowest BCUT2D eigenvalue weighted by atomic mass is 10.2. The molecule has 0 radical (unpaired) electrons. The smallest absolute Gasteiger partial charge is 0.257 e. The number of nitrogens with zero attached hydrogens (tertiary/aromatic N) is 2. The Labute approximate surface area is 98.0 Å². The van der Waals surface area contributed by atoms with E-state index in [-0.39, 0.29) is 6.10 Å². The summed E-state index contributed by atoms with van der Waals surface area (Å²) < 4.78 is 16.0. The lowest BCUT2D eigenvalue weighted by molar-refractivity contribution is 0.00755. The predicted molar refractivity (Wildman–Crippen MR) is 58.3 cm³/mol. The molecule has 1 aliphatic heterocycles. The van der Waals surface area contributed by atoms with E-state index in [4.69, 9.17) is 13.7 Å². The minimum absolute atomic E-state index is 0.155. The van der Waals surface area contributed by atoms with Crippen molar-refractivity contribution in [2.45, 2.75) is 13.0 Å². The van der Waals surface area contributed by atoms with Crippen LogP contribution in [0.25, 0.3) is 11.4 Å². The van der Waals surface area contributed by atoms with Gasteiger partial charge >= 0.3 is 0 Å². The zero-order valence-electron chi connectivity index (χ0n) is 9.47. The fourth-order valence-electron chi connectivity index (χ4n) is 1.82. The predicted octanol–water partition coefficient (Wildman–Crippen LogP) is 1.30. The lowest BCUT2D eigenvalue weighted by Crippen LogP contribution is -2.33. The Balaban J connectivity index is 1.85. The molecule has 1 atom stereocenters. The summed E-state index contributed by atoms with van der Waals surface area (Å²) in [5.74, 6) is 1.83.